The van der Waals surface area contributed by atoms with E-state index in [0.29, 0.717) is 11.4 Å². The van der Waals surface area contributed by atoms with Crippen molar-refractivity contribution in [3.8, 4) is 0 Å². The van der Waals surface area contributed by atoms with Gasteiger partial charge in [-0.3, -0.25) is 14.4 Å². The molecule has 0 bridgehead atoms. The molecule has 1 aromatic heterocycles. The molecule has 4 rings (SSSR count). The molecule has 30 heavy (non-hydrogen) atoms. The summed E-state index contributed by atoms with van der Waals surface area (Å²) in [6, 6.07) is 15.2. The minimum atomic E-state index is -3.26. The van der Waals surface area contributed by atoms with Crippen molar-refractivity contribution in [2.45, 2.75) is 25.4 Å². The number of amides is 1. The molecule has 2 heterocycles. The SMILES string of the molecule is CS(=O)(=O)Nc1ccc(CN2CCC(NC(=O)c3occ4ccccc34)CC2)cc1. The fourth-order valence-corrected chi connectivity index (χ4v) is 4.37. The molecule has 0 aliphatic carbocycles. The quantitative estimate of drug-likeness (QED) is 0.630. The van der Waals surface area contributed by atoms with Crippen molar-refractivity contribution in [1.29, 1.82) is 0 Å². The number of hydrogen-bond donors (Lipinski definition) is 2. The van der Waals surface area contributed by atoms with Crippen molar-refractivity contribution in [2.75, 3.05) is 24.1 Å². The van der Waals surface area contributed by atoms with Crippen LogP contribution in [0.5, 0.6) is 0 Å². The molecule has 7 nitrogen and oxygen atoms in total. The monoisotopic (exact) mass is 427 g/mol. The number of sulfonamides is 1. The van der Waals surface area contributed by atoms with Gasteiger partial charge in [0, 0.05) is 42.1 Å². The number of anilines is 1. The van der Waals surface area contributed by atoms with Crippen molar-refractivity contribution in [1.82, 2.24) is 10.2 Å². The lowest BCUT2D eigenvalue weighted by Crippen LogP contribution is -2.44. The molecular weight excluding hydrogens is 402 g/mol. The van der Waals surface area contributed by atoms with E-state index in [4.69, 9.17) is 4.42 Å². The zero-order valence-electron chi connectivity index (χ0n) is 16.8. The third-order valence-corrected chi connectivity index (χ3v) is 5.91. The maximum absolute atomic E-state index is 12.6. The summed E-state index contributed by atoms with van der Waals surface area (Å²) in [5.74, 6) is 0.208. The van der Waals surface area contributed by atoms with Crippen LogP contribution in [0.15, 0.2) is 59.2 Å². The summed E-state index contributed by atoms with van der Waals surface area (Å²) in [4.78, 5) is 15.0. The third-order valence-electron chi connectivity index (χ3n) is 5.30. The largest absolute Gasteiger partial charge is 0.458 e. The molecule has 0 unspecified atom stereocenters. The molecule has 0 spiro atoms. The molecule has 0 saturated carbocycles. The second kappa shape index (κ2) is 8.49. The molecule has 158 valence electrons. The Morgan fingerprint density at radius 1 is 1.10 bits per heavy atom. The van der Waals surface area contributed by atoms with Crippen molar-refractivity contribution in [3.63, 3.8) is 0 Å². The van der Waals surface area contributed by atoms with Crippen molar-refractivity contribution in [2.24, 2.45) is 0 Å². The number of benzene rings is 2. The minimum absolute atomic E-state index is 0.124. The average molecular weight is 428 g/mol. The summed E-state index contributed by atoms with van der Waals surface area (Å²) in [6.45, 7) is 2.56. The van der Waals surface area contributed by atoms with Gasteiger partial charge in [0.2, 0.25) is 10.0 Å². The van der Waals surface area contributed by atoms with Crippen LogP contribution < -0.4 is 10.0 Å². The lowest BCUT2D eigenvalue weighted by Gasteiger charge is -2.32. The van der Waals surface area contributed by atoms with E-state index in [-0.39, 0.29) is 11.9 Å². The van der Waals surface area contributed by atoms with Crippen LogP contribution in [-0.2, 0) is 16.6 Å². The second-order valence-electron chi connectivity index (χ2n) is 7.75. The molecule has 0 atom stereocenters. The first-order valence-corrected chi connectivity index (χ1v) is 11.8. The van der Waals surface area contributed by atoms with Gasteiger partial charge in [-0.05, 0) is 30.5 Å². The van der Waals surface area contributed by atoms with Crippen molar-refractivity contribution >= 4 is 32.4 Å². The standard InChI is InChI=1S/C22H25N3O4S/c1-30(27,28)24-19-8-6-16(7-9-19)14-25-12-10-18(11-13-25)23-22(26)21-20-5-3-2-4-17(20)15-29-21/h2-9,15,18,24H,10-14H2,1H3,(H,23,26). The van der Waals surface area contributed by atoms with Crippen LogP contribution in [0.3, 0.4) is 0 Å². The predicted molar refractivity (Wildman–Crippen MR) is 117 cm³/mol. The highest BCUT2D eigenvalue weighted by Gasteiger charge is 2.23. The first kappa shape index (κ1) is 20.4. The molecule has 1 aliphatic heterocycles. The van der Waals surface area contributed by atoms with E-state index in [2.05, 4.69) is 14.9 Å². The lowest BCUT2D eigenvalue weighted by atomic mass is 10.0. The molecule has 1 amide bonds. The molecular formula is C22H25N3O4S. The van der Waals surface area contributed by atoms with Crippen LogP contribution in [0, 0.1) is 0 Å². The number of fused-ring (bicyclic) bond motifs is 1. The Hall–Kier alpha value is -2.84. The van der Waals surface area contributed by atoms with Crippen LogP contribution in [0.2, 0.25) is 0 Å². The topological polar surface area (TPSA) is 91.7 Å². The maximum Gasteiger partial charge on any atom is 0.287 e. The van der Waals surface area contributed by atoms with Gasteiger partial charge in [-0.2, -0.15) is 0 Å². The first-order chi connectivity index (χ1) is 14.4. The molecule has 1 saturated heterocycles. The van der Waals surface area contributed by atoms with Gasteiger partial charge in [-0.15, -0.1) is 0 Å². The molecule has 2 N–H and O–H groups in total. The Kier molecular flexibility index (Phi) is 5.78. The first-order valence-electron chi connectivity index (χ1n) is 9.93. The Bertz CT molecular complexity index is 1130. The van der Waals surface area contributed by atoms with Gasteiger partial charge >= 0.3 is 0 Å². The van der Waals surface area contributed by atoms with E-state index in [1.54, 1.807) is 18.4 Å². The van der Waals surface area contributed by atoms with Gasteiger partial charge in [-0.1, -0.05) is 36.4 Å². The van der Waals surface area contributed by atoms with Gasteiger partial charge < -0.3 is 9.73 Å². The fourth-order valence-electron chi connectivity index (χ4n) is 3.81. The molecule has 8 heteroatoms. The summed E-state index contributed by atoms with van der Waals surface area (Å²) in [5.41, 5.74) is 1.69. The summed E-state index contributed by atoms with van der Waals surface area (Å²) in [7, 11) is -3.26. The molecule has 1 aliphatic rings. The number of piperidine rings is 1. The smallest absolute Gasteiger partial charge is 0.287 e. The van der Waals surface area contributed by atoms with Crippen molar-refractivity contribution in [3.05, 3.63) is 66.1 Å². The zero-order chi connectivity index (χ0) is 21.1. The van der Waals surface area contributed by atoms with E-state index in [1.807, 2.05) is 36.4 Å². The van der Waals surface area contributed by atoms with Gasteiger partial charge in [-0.25, -0.2) is 8.42 Å². The highest BCUT2D eigenvalue weighted by molar-refractivity contribution is 7.92. The molecule has 3 aromatic rings. The summed E-state index contributed by atoms with van der Waals surface area (Å²) < 4.78 is 30.6. The Balaban J connectivity index is 1.28. The number of likely N-dealkylation sites (tertiary alicyclic amines) is 1. The van der Waals surface area contributed by atoms with Crippen LogP contribution in [-0.4, -0.2) is 44.6 Å². The number of furan rings is 1. The highest BCUT2D eigenvalue weighted by Crippen LogP contribution is 2.22. The van der Waals surface area contributed by atoms with Crippen LogP contribution in [0.25, 0.3) is 10.8 Å². The summed E-state index contributed by atoms with van der Waals surface area (Å²) >= 11 is 0. The minimum Gasteiger partial charge on any atom is -0.458 e. The second-order valence-corrected chi connectivity index (χ2v) is 9.50. The van der Waals surface area contributed by atoms with Crippen LogP contribution in [0.4, 0.5) is 5.69 Å². The van der Waals surface area contributed by atoms with Gasteiger partial charge in [0.1, 0.15) is 0 Å². The third kappa shape index (κ3) is 5.01. The Morgan fingerprint density at radius 3 is 2.50 bits per heavy atom. The maximum atomic E-state index is 12.6. The van der Waals surface area contributed by atoms with Crippen LogP contribution in [0.1, 0.15) is 29.0 Å². The lowest BCUT2D eigenvalue weighted by molar-refractivity contribution is 0.0883. The number of nitrogens with zero attached hydrogens (tertiary/aromatic N) is 1. The number of carbonyl (C=O) groups excluding carboxylic acids is 1. The van der Waals surface area contributed by atoms with Gasteiger partial charge in [0.25, 0.3) is 5.91 Å². The predicted octanol–water partition coefficient (Wildman–Crippen LogP) is 3.20. The Labute approximate surface area is 176 Å². The highest BCUT2D eigenvalue weighted by atomic mass is 32.2. The van der Waals surface area contributed by atoms with E-state index >= 15 is 0 Å². The molecule has 0 radical (unpaired) electrons. The van der Waals surface area contributed by atoms with Gasteiger partial charge in [0.15, 0.2) is 5.76 Å². The number of carbonyl (C=O) groups is 1. The number of rotatable bonds is 6. The molecule has 1 fully saturated rings. The summed E-state index contributed by atoms with van der Waals surface area (Å²) in [6.07, 6.45) is 4.50. The van der Waals surface area contributed by atoms with Crippen molar-refractivity contribution < 1.29 is 17.6 Å². The average Bonchev–Trinajstić information content (AvgIpc) is 3.14. The van der Waals surface area contributed by atoms with E-state index in [9.17, 15) is 13.2 Å². The fraction of sp³-hybridized carbons (Fsp3) is 0.318. The number of nitrogens with one attached hydrogen (secondary N) is 2. The normalized spacial score (nSPS) is 15.9. The van der Waals surface area contributed by atoms with E-state index in [0.717, 1.165) is 55.1 Å². The molecule has 2 aromatic carbocycles. The number of hydrogen-bond acceptors (Lipinski definition) is 5. The Morgan fingerprint density at radius 2 is 1.80 bits per heavy atom. The summed E-state index contributed by atoms with van der Waals surface area (Å²) in [5, 5.41) is 4.86. The van der Waals surface area contributed by atoms with E-state index < -0.39 is 10.0 Å². The zero-order valence-corrected chi connectivity index (χ0v) is 17.6. The van der Waals surface area contributed by atoms with E-state index in [1.165, 1.54) is 0 Å². The van der Waals surface area contributed by atoms with Gasteiger partial charge in [0.05, 0.1) is 12.5 Å². The van der Waals surface area contributed by atoms with Crippen LogP contribution >= 0.6 is 0 Å².